The minimum absolute atomic E-state index is 0.207. The molecule has 0 saturated carbocycles. The molecule has 0 aliphatic heterocycles. The summed E-state index contributed by atoms with van der Waals surface area (Å²) in [4.78, 5) is 11.0. The molecule has 1 rings (SSSR count). The fraction of sp³-hybridized carbons (Fsp3) is 0.533. The van der Waals surface area contributed by atoms with Crippen LogP contribution in [0.1, 0.15) is 47.0 Å². The Morgan fingerprint density at radius 1 is 1.44 bits per heavy atom. The fourth-order valence-electron chi connectivity index (χ4n) is 2.51. The monoisotopic (exact) mass is 249 g/mol. The standard InChI is InChI=1S/C15H23NO2/c1-11(10-14(17)16-18)7-8-13-12(2)6-5-9-15(13,3)4/h7-8,10,18H,5-6,9H2,1-4H3,(H,16,17)/b8-7+,11-10-. The van der Waals surface area contributed by atoms with Crippen molar-refractivity contribution >= 4 is 5.91 Å². The van der Waals surface area contributed by atoms with E-state index in [-0.39, 0.29) is 5.41 Å². The van der Waals surface area contributed by atoms with Crippen molar-refractivity contribution in [2.75, 3.05) is 0 Å². The van der Waals surface area contributed by atoms with Gasteiger partial charge in [0.25, 0.3) is 5.91 Å². The lowest BCUT2D eigenvalue weighted by molar-refractivity contribution is -0.124. The summed E-state index contributed by atoms with van der Waals surface area (Å²) in [5.74, 6) is -0.495. The van der Waals surface area contributed by atoms with Crippen LogP contribution in [0.5, 0.6) is 0 Å². The number of amides is 1. The molecule has 0 aromatic rings. The highest BCUT2D eigenvalue weighted by molar-refractivity contribution is 5.87. The largest absolute Gasteiger partial charge is 0.288 e. The molecule has 0 unspecified atom stereocenters. The number of rotatable bonds is 3. The van der Waals surface area contributed by atoms with Crippen LogP contribution in [0.25, 0.3) is 0 Å². The van der Waals surface area contributed by atoms with Crippen molar-refractivity contribution in [1.29, 1.82) is 0 Å². The highest BCUT2D eigenvalue weighted by atomic mass is 16.5. The summed E-state index contributed by atoms with van der Waals surface area (Å²) >= 11 is 0. The first-order valence-corrected chi connectivity index (χ1v) is 6.37. The number of carbonyl (C=O) groups is 1. The molecule has 0 atom stereocenters. The molecule has 3 heteroatoms. The molecular weight excluding hydrogens is 226 g/mol. The molecule has 0 aromatic heterocycles. The lowest BCUT2D eigenvalue weighted by Gasteiger charge is -2.32. The molecule has 0 aromatic carbocycles. The van der Waals surface area contributed by atoms with Gasteiger partial charge >= 0.3 is 0 Å². The van der Waals surface area contributed by atoms with Gasteiger partial charge in [0.2, 0.25) is 0 Å². The van der Waals surface area contributed by atoms with Crippen molar-refractivity contribution in [3.63, 3.8) is 0 Å². The molecule has 0 saturated heterocycles. The predicted molar refractivity (Wildman–Crippen MR) is 73.2 cm³/mol. The van der Waals surface area contributed by atoms with Crippen LogP contribution in [-0.4, -0.2) is 11.1 Å². The lowest BCUT2D eigenvalue weighted by atomic mass is 9.72. The maximum atomic E-state index is 11.0. The first-order chi connectivity index (χ1) is 8.36. The zero-order valence-corrected chi connectivity index (χ0v) is 11.7. The number of hydroxylamine groups is 1. The van der Waals surface area contributed by atoms with Gasteiger partial charge in [-0.1, -0.05) is 31.6 Å². The average molecular weight is 249 g/mol. The van der Waals surface area contributed by atoms with Gasteiger partial charge in [-0.15, -0.1) is 0 Å². The molecule has 0 heterocycles. The van der Waals surface area contributed by atoms with E-state index in [0.717, 1.165) is 12.0 Å². The van der Waals surface area contributed by atoms with Crippen molar-refractivity contribution in [3.05, 3.63) is 34.9 Å². The Morgan fingerprint density at radius 2 is 2.11 bits per heavy atom. The second-order valence-electron chi connectivity index (χ2n) is 5.63. The summed E-state index contributed by atoms with van der Waals surface area (Å²) in [7, 11) is 0. The van der Waals surface area contributed by atoms with Crippen LogP contribution in [0, 0.1) is 5.41 Å². The highest BCUT2D eigenvalue weighted by Gasteiger charge is 2.26. The first-order valence-electron chi connectivity index (χ1n) is 6.37. The normalized spacial score (nSPS) is 20.4. The molecule has 0 spiro atoms. The second kappa shape index (κ2) is 6.01. The van der Waals surface area contributed by atoms with E-state index in [4.69, 9.17) is 5.21 Å². The molecule has 18 heavy (non-hydrogen) atoms. The van der Waals surface area contributed by atoms with Crippen LogP contribution in [-0.2, 0) is 4.79 Å². The van der Waals surface area contributed by atoms with Crippen molar-refractivity contribution in [2.24, 2.45) is 5.41 Å². The van der Waals surface area contributed by atoms with Gasteiger partial charge in [0.15, 0.2) is 0 Å². The molecule has 2 N–H and O–H groups in total. The van der Waals surface area contributed by atoms with E-state index in [9.17, 15) is 4.79 Å². The lowest BCUT2D eigenvalue weighted by Crippen LogP contribution is -2.19. The summed E-state index contributed by atoms with van der Waals surface area (Å²) in [6.45, 7) is 8.54. The Bertz CT molecular complexity index is 414. The third kappa shape index (κ3) is 3.84. The topological polar surface area (TPSA) is 49.3 Å². The van der Waals surface area contributed by atoms with Gasteiger partial charge in [-0.25, -0.2) is 5.48 Å². The Hall–Kier alpha value is -1.35. The predicted octanol–water partition coefficient (Wildman–Crippen LogP) is 3.52. The van der Waals surface area contributed by atoms with Crippen LogP contribution in [0.15, 0.2) is 34.9 Å². The Labute approximate surface area is 109 Å². The fourth-order valence-corrected chi connectivity index (χ4v) is 2.51. The minimum atomic E-state index is -0.495. The van der Waals surface area contributed by atoms with Crippen molar-refractivity contribution in [2.45, 2.75) is 47.0 Å². The number of carbonyl (C=O) groups excluding carboxylic acids is 1. The van der Waals surface area contributed by atoms with E-state index < -0.39 is 5.91 Å². The van der Waals surface area contributed by atoms with E-state index in [2.05, 4.69) is 26.8 Å². The summed E-state index contributed by atoms with van der Waals surface area (Å²) in [5, 5.41) is 8.45. The smallest absolute Gasteiger partial charge is 0.267 e. The van der Waals surface area contributed by atoms with E-state index in [1.165, 1.54) is 30.1 Å². The van der Waals surface area contributed by atoms with Crippen LogP contribution >= 0.6 is 0 Å². The minimum Gasteiger partial charge on any atom is -0.288 e. The molecule has 1 aliphatic rings. The summed E-state index contributed by atoms with van der Waals surface area (Å²) in [6.07, 6.45) is 9.01. The van der Waals surface area contributed by atoms with E-state index in [1.807, 2.05) is 13.0 Å². The molecule has 1 amide bonds. The van der Waals surface area contributed by atoms with Crippen LogP contribution in [0.3, 0.4) is 0 Å². The van der Waals surface area contributed by atoms with Gasteiger partial charge in [-0.3, -0.25) is 10.0 Å². The van der Waals surface area contributed by atoms with E-state index >= 15 is 0 Å². The highest BCUT2D eigenvalue weighted by Crippen LogP contribution is 2.40. The van der Waals surface area contributed by atoms with Gasteiger partial charge in [0.05, 0.1) is 0 Å². The zero-order chi connectivity index (χ0) is 13.8. The average Bonchev–Trinajstić information content (AvgIpc) is 2.27. The van der Waals surface area contributed by atoms with Crippen LogP contribution in [0.2, 0.25) is 0 Å². The quantitative estimate of drug-likeness (QED) is 0.348. The maximum absolute atomic E-state index is 11.0. The van der Waals surface area contributed by atoms with Crippen molar-refractivity contribution in [1.82, 2.24) is 5.48 Å². The Kier molecular flexibility index (Phi) is 4.91. The second-order valence-corrected chi connectivity index (χ2v) is 5.63. The number of hydrogen-bond donors (Lipinski definition) is 2. The van der Waals surface area contributed by atoms with Gasteiger partial charge in [-0.2, -0.15) is 0 Å². The van der Waals surface area contributed by atoms with Crippen LogP contribution < -0.4 is 5.48 Å². The van der Waals surface area contributed by atoms with Gasteiger partial charge in [0, 0.05) is 6.08 Å². The number of hydrogen-bond acceptors (Lipinski definition) is 2. The molecule has 0 radical (unpaired) electrons. The van der Waals surface area contributed by atoms with Gasteiger partial charge in [-0.05, 0) is 49.7 Å². The summed E-state index contributed by atoms with van der Waals surface area (Å²) in [5.41, 5.74) is 5.43. The third-order valence-electron chi connectivity index (χ3n) is 3.52. The summed E-state index contributed by atoms with van der Waals surface area (Å²) in [6, 6.07) is 0. The molecule has 0 bridgehead atoms. The molecule has 3 nitrogen and oxygen atoms in total. The third-order valence-corrected chi connectivity index (χ3v) is 3.52. The maximum Gasteiger partial charge on any atom is 0.267 e. The van der Waals surface area contributed by atoms with E-state index in [1.54, 1.807) is 5.48 Å². The van der Waals surface area contributed by atoms with Crippen LogP contribution in [0.4, 0.5) is 0 Å². The zero-order valence-electron chi connectivity index (χ0n) is 11.7. The SMILES string of the molecule is CC1=C(/C=C/C(C)=C\C(=O)NO)C(C)(C)CCC1. The van der Waals surface area contributed by atoms with Crippen molar-refractivity contribution < 1.29 is 10.0 Å². The molecule has 100 valence electrons. The molecule has 1 aliphatic carbocycles. The first kappa shape index (κ1) is 14.7. The number of allylic oxidation sites excluding steroid dienone is 5. The number of nitrogens with one attached hydrogen (secondary N) is 1. The summed E-state index contributed by atoms with van der Waals surface area (Å²) < 4.78 is 0. The molecular formula is C15H23NO2. The van der Waals surface area contributed by atoms with Crippen molar-refractivity contribution in [3.8, 4) is 0 Å². The Morgan fingerprint density at radius 3 is 2.67 bits per heavy atom. The van der Waals surface area contributed by atoms with E-state index in [0.29, 0.717) is 0 Å². The van der Waals surface area contributed by atoms with Gasteiger partial charge < -0.3 is 0 Å². The van der Waals surface area contributed by atoms with Gasteiger partial charge in [0.1, 0.15) is 0 Å². The molecule has 0 fully saturated rings. The Balaban J connectivity index is 2.89.